The molecule has 0 spiro atoms. The molecule has 1 radical (unpaired) electrons. The van der Waals surface area contributed by atoms with Crippen molar-refractivity contribution in [2.24, 2.45) is 0 Å². The molecule has 1 saturated heterocycles. The zero-order chi connectivity index (χ0) is 11.5. The van der Waals surface area contributed by atoms with E-state index in [0.717, 1.165) is 18.7 Å². The van der Waals surface area contributed by atoms with Crippen LogP contribution in [0, 0.1) is 17.0 Å². The Morgan fingerprint density at radius 3 is 2.69 bits per heavy atom. The molecule has 1 heterocycles. The van der Waals surface area contributed by atoms with Gasteiger partial charge in [0.1, 0.15) is 0 Å². The Kier molecular flexibility index (Phi) is 3.19. The highest BCUT2D eigenvalue weighted by molar-refractivity contribution is 5.49. The van der Waals surface area contributed by atoms with Crippen molar-refractivity contribution in [1.29, 1.82) is 0 Å². The average molecular weight is 219 g/mol. The molecule has 0 aliphatic carbocycles. The maximum atomic E-state index is 11.0. The van der Waals surface area contributed by atoms with Gasteiger partial charge in [0.15, 0.2) is 0 Å². The Labute approximate surface area is 95.0 Å². The summed E-state index contributed by atoms with van der Waals surface area (Å²) in [4.78, 5) is 12.9. The Balaban J connectivity index is 2.25. The average Bonchev–Trinajstić information content (AvgIpc) is 2.70. The van der Waals surface area contributed by atoms with E-state index in [2.05, 4.69) is 11.8 Å². The van der Waals surface area contributed by atoms with Crippen LogP contribution in [0.5, 0.6) is 0 Å². The first-order chi connectivity index (χ1) is 7.68. The van der Waals surface area contributed by atoms with Gasteiger partial charge in [-0.1, -0.05) is 18.2 Å². The van der Waals surface area contributed by atoms with Crippen molar-refractivity contribution in [3.63, 3.8) is 0 Å². The third-order valence-corrected chi connectivity index (χ3v) is 2.98. The Morgan fingerprint density at radius 1 is 1.38 bits per heavy atom. The van der Waals surface area contributed by atoms with E-state index < -0.39 is 0 Å². The second kappa shape index (κ2) is 4.61. The van der Waals surface area contributed by atoms with Crippen molar-refractivity contribution in [3.8, 4) is 0 Å². The number of hydrogen-bond acceptors (Lipinski definition) is 3. The molecule has 0 unspecified atom stereocenters. The smallest absolute Gasteiger partial charge is 0.277 e. The summed E-state index contributed by atoms with van der Waals surface area (Å²) in [5.74, 6) is 0. The molecule has 2 rings (SSSR count). The number of rotatable bonds is 3. The normalized spacial score (nSPS) is 16.6. The molecular weight excluding hydrogens is 204 g/mol. The molecule has 16 heavy (non-hydrogen) atoms. The summed E-state index contributed by atoms with van der Waals surface area (Å²) in [7, 11) is 0. The van der Waals surface area contributed by atoms with Crippen molar-refractivity contribution in [1.82, 2.24) is 4.90 Å². The number of nitrogens with zero attached hydrogens (tertiary/aromatic N) is 2. The lowest BCUT2D eigenvalue weighted by Gasteiger charge is -2.14. The van der Waals surface area contributed by atoms with Gasteiger partial charge in [0.2, 0.25) is 0 Å². The standard InChI is InChI=1S/C12H15N2O2/c1-10-5-4-6-11(12(10)14(15)16)9-13-7-2-3-8-13/h4-6H,1-3,7-9H2. The molecule has 1 aliphatic heterocycles. The Morgan fingerprint density at radius 2 is 2.06 bits per heavy atom. The van der Waals surface area contributed by atoms with Crippen LogP contribution in [-0.4, -0.2) is 22.9 Å². The van der Waals surface area contributed by atoms with E-state index >= 15 is 0 Å². The van der Waals surface area contributed by atoms with E-state index in [4.69, 9.17) is 0 Å². The molecule has 4 nitrogen and oxygen atoms in total. The molecule has 4 heteroatoms. The lowest BCUT2D eigenvalue weighted by Crippen LogP contribution is -2.19. The Hall–Kier alpha value is -1.42. The number of nitro benzene ring substituents is 1. The first-order valence-electron chi connectivity index (χ1n) is 5.49. The van der Waals surface area contributed by atoms with Crippen LogP contribution in [0.3, 0.4) is 0 Å². The van der Waals surface area contributed by atoms with Gasteiger partial charge < -0.3 is 0 Å². The van der Waals surface area contributed by atoms with E-state index in [9.17, 15) is 10.1 Å². The van der Waals surface area contributed by atoms with Crippen LogP contribution in [-0.2, 0) is 6.54 Å². The molecule has 0 saturated carbocycles. The predicted molar refractivity (Wildman–Crippen MR) is 62.1 cm³/mol. The van der Waals surface area contributed by atoms with Gasteiger partial charge in [-0.15, -0.1) is 0 Å². The maximum Gasteiger partial charge on any atom is 0.277 e. The van der Waals surface area contributed by atoms with Crippen LogP contribution < -0.4 is 0 Å². The van der Waals surface area contributed by atoms with Gasteiger partial charge in [0.05, 0.1) is 4.92 Å². The highest BCUT2D eigenvalue weighted by Gasteiger charge is 2.20. The highest BCUT2D eigenvalue weighted by atomic mass is 16.6. The maximum absolute atomic E-state index is 11.0. The highest BCUT2D eigenvalue weighted by Crippen LogP contribution is 2.25. The molecule has 0 atom stereocenters. The second-order valence-corrected chi connectivity index (χ2v) is 4.17. The quantitative estimate of drug-likeness (QED) is 0.579. The zero-order valence-electron chi connectivity index (χ0n) is 9.19. The number of likely N-dealkylation sites (tertiary alicyclic amines) is 1. The first kappa shape index (κ1) is 11.1. The second-order valence-electron chi connectivity index (χ2n) is 4.17. The van der Waals surface area contributed by atoms with Crippen LogP contribution in [0.15, 0.2) is 18.2 Å². The summed E-state index contributed by atoms with van der Waals surface area (Å²) < 4.78 is 0. The third-order valence-electron chi connectivity index (χ3n) is 2.98. The van der Waals surface area contributed by atoms with Gasteiger partial charge in [0, 0.05) is 17.7 Å². The molecule has 1 aliphatic rings. The molecular formula is C12H15N2O2. The van der Waals surface area contributed by atoms with Gasteiger partial charge in [-0.2, -0.15) is 0 Å². The number of hydrogen-bond donors (Lipinski definition) is 0. The Bertz CT molecular complexity index is 398. The summed E-state index contributed by atoms with van der Waals surface area (Å²) in [5, 5.41) is 11.0. The lowest BCUT2D eigenvalue weighted by atomic mass is 10.1. The lowest BCUT2D eigenvalue weighted by molar-refractivity contribution is -0.386. The van der Waals surface area contributed by atoms with Crippen LogP contribution in [0.4, 0.5) is 5.69 Å². The fourth-order valence-electron chi connectivity index (χ4n) is 2.19. The van der Waals surface area contributed by atoms with Crippen molar-refractivity contribution in [2.75, 3.05) is 13.1 Å². The number of benzene rings is 1. The summed E-state index contributed by atoms with van der Waals surface area (Å²) in [5.41, 5.74) is 1.45. The van der Waals surface area contributed by atoms with Crippen molar-refractivity contribution >= 4 is 5.69 Å². The van der Waals surface area contributed by atoms with E-state index in [-0.39, 0.29) is 10.6 Å². The number of para-hydroxylation sites is 1. The predicted octanol–water partition coefficient (Wildman–Crippen LogP) is 2.37. The van der Waals surface area contributed by atoms with E-state index in [1.165, 1.54) is 12.8 Å². The molecule has 85 valence electrons. The van der Waals surface area contributed by atoms with Gasteiger partial charge >= 0.3 is 0 Å². The molecule has 0 bridgehead atoms. The van der Waals surface area contributed by atoms with Crippen molar-refractivity contribution < 1.29 is 4.92 Å². The minimum atomic E-state index is -0.326. The van der Waals surface area contributed by atoms with E-state index in [1.807, 2.05) is 12.1 Å². The minimum Gasteiger partial charge on any atom is -0.299 e. The molecule has 0 aromatic heterocycles. The van der Waals surface area contributed by atoms with Crippen LogP contribution in [0.1, 0.15) is 24.0 Å². The van der Waals surface area contributed by atoms with Gasteiger partial charge in [0.25, 0.3) is 5.69 Å². The van der Waals surface area contributed by atoms with Gasteiger partial charge in [-0.3, -0.25) is 15.0 Å². The van der Waals surface area contributed by atoms with E-state index in [0.29, 0.717) is 12.1 Å². The number of nitro groups is 1. The summed E-state index contributed by atoms with van der Waals surface area (Å²) in [6, 6.07) is 5.34. The molecule has 0 N–H and O–H groups in total. The van der Waals surface area contributed by atoms with Gasteiger partial charge in [-0.25, -0.2) is 0 Å². The van der Waals surface area contributed by atoms with Crippen LogP contribution in [0.25, 0.3) is 0 Å². The van der Waals surface area contributed by atoms with Crippen LogP contribution in [0.2, 0.25) is 0 Å². The van der Waals surface area contributed by atoms with Gasteiger partial charge in [-0.05, 0) is 32.9 Å². The van der Waals surface area contributed by atoms with Crippen molar-refractivity contribution in [2.45, 2.75) is 19.4 Å². The third kappa shape index (κ3) is 2.22. The fourth-order valence-corrected chi connectivity index (χ4v) is 2.19. The fraction of sp³-hybridized carbons (Fsp3) is 0.417. The molecule has 1 fully saturated rings. The summed E-state index contributed by atoms with van der Waals surface area (Å²) >= 11 is 0. The van der Waals surface area contributed by atoms with E-state index in [1.54, 1.807) is 6.07 Å². The zero-order valence-corrected chi connectivity index (χ0v) is 9.19. The minimum absolute atomic E-state index is 0.175. The topological polar surface area (TPSA) is 46.4 Å². The molecule has 0 amide bonds. The van der Waals surface area contributed by atoms with Crippen LogP contribution >= 0.6 is 0 Å². The summed E-state index contributed by atoms with van der Waals surface area (Å²) in [6.07, 6.45) is 2.38. The SMILES string of the molecule is [CH2]c1cccc(CN2CCCC2)c1[N+](=O)[O-]. The monoisotopic (exact) mass is 219 g/mol. The molecule has 1 aromatic carbocycles. The first-order valence-corrected chi connectivity index (χ1v) is 5.49. The largest absolute Gasteiger partial charge is 0.299 e. The van der Waals surface area contributed by atoms with Crippen molar-refractivity contribution in [3.05, 3.63) is 46.4 Å². The molecule has 1 aromatic rings. The summed E-state index contributed by atoms with van der Waals surface area (Å²) in [6.45, 7) is 6.46.